The standard InChI is InChI=1S/C21H30N2/c1-22-16-20(23(17-22)19-8-4-2-5-9-19)18-10-14-21(15-11-18)12-6-3-7-13-21/h2,4-5,8-9,16,18H,3,6-7,10-15,17H2,1H3. The number of nitrogens with zero attached hydrogens (tertiary/aromatic N) is 2. The molecule has 2 saturated carbocycles. The molecule has 1 heterocycles. The van der Waals surface area contributed by atoms with Gasteiger partial charge in [-0.15, -0.1) is 0 Å². The third-order valence-electron chi connectivity index (χ3n) is 6.48. The van der Waals surface area contributed by atoms with Crippen LogP contribution in [-0.2, 0) is 0 Å². The fourth-order valence-electron chi connectivity index (χ4n) is 5.13. The highest BCUT2D eigenvalue weighted by atomic mass is 15.3. The SMILES string of the molecule is CN1C=C(C2CCC3(CCCCC3)CC2)N(c2ccccc2)C1. The van der Waals surface area contributed by atoms with Crippen molar-refractivity contribution in [3.63, 3.8) is 0 Å². The van der Waals surface area contributed by atoms with E-state index in [1.807, 2.05) is 0 Å². The molecule has 0 saturated heterocycles. The number of hydrogen-bond donors (Lipinski definition) is 0. The van der Waals surface area contributed by atoms with Crippen molar-refractivity contribution >= 4 is 5.69 Å². The van der Waals surface area contributed by atoms with Gasteiger partial charge in [0.05, 0.1) is 6.67 Å². The van der Waals surface area contributed by atoms with Crippen LogP contribution >= 0.6 is 0 Å². The second-order valence-corrected chi connectivity index (χ2v) is 8.05. The molecule has 124 valence electrons. The highest BCUT2D eigenvalue weighted by molar-refractivity contribution is 5.53. The van der Waals surface area contributed by atoms with Gasteiger partial charge in [0, 0.05) is 30.5 Å². The Bertz CT molecular complexity index is 546. The molecule has 1 aliphatic heterocycles. The lowest BCUT2D eigenvalue weighted by Gasteiger charge is -2.44. The van der Waals surface area contributed by atoms with E-state index in [0.29, 0.717) is 0 Å². The first-order valence-corrected chi connectivity index (χ1v) is 9.50. The van der Waals surface area contributed by atoms with Crippen LogP contribution in [0.25, 0.3) is 0 Å². The minimum Gasteiger partial charge on any atom is -0.361 e. The third kappa shape index (κ3) is 3.00. The first kappa shape index (κ1) is 15.1. The van der Waals surface area contributed by atoms with E-state index in [0.717, 1.165) is 18.0 Å². The van der Waals surface area contributed by atoms with Crippen LogP contribution in [0.3, 0.4) is 0 Å². The number of para-hydroxylation sites is 1. The Kier molecular flexibility index (Phi) is 4.09. The summed E-state index contributed by atoms with van der Waals surface area (Å²) >= 11 is 0. The minimum absolute atomic E-state index is 0.720. The van der Waals surface area contributed by atoms with Crippen LogP contribution in [0, 0.1) is 11.3 Å². The molecule has 0 amide bonds. The monoisotopic (exact) mass is 310 g/mol. The van der Waals surface area contributed by atoms with Crippen molar-refractivity contribution in [3.8, 4) is 0 Å². The molecule has 1 aromatic rings. The van der Waals surface area contributed by atoms with Gasteiger partial charge in [0.1, 0.15) is 0 Å². The van der Waals surface area contributed by atoms with E-state index in [1.54, 1.807) is 5.70 Å². The van der Waals surface area contributed by atoms with Crippen LogP contribution in [-0.4, -0.2) is 18.6 Å². The van der Waals surface area contributed by atoms with Crippen molar-refractivity contribution in [2.24, 2.45) is 11.3 Å². The van der Waals surface area contributed by atoms with Crippen LogP contribution in [0.15, 0.2) is 42.2 Å². The summed E-state index contributed by atoms with van der Waals surface area (Å²) in [4.78, 5) is 4.87. The van der Waals surface area contributed by atoms with Crippen molar-refractivity contribution < 1.29 is 0 Å². The number of hydrogen-bond acceptors (Lipinski definition) is 2. The van der Waals surface area contributed by atoms with E-state index >= 15 is 0 Å². The van der Waals surface area contributed by atoms with E-state index in [9.17, 15) is 0 Å². The Hall–Kier alpha value is -1.44. The van der Waals surface area contributed by atoms with E-state index in [-0.39, 0.29) is 0 Å². The van der Waals surface area contributed by atoms with Crippen LogP contribution in [0.2, 0.25) is 0 Å². The molecule has 23 heavy (non-hydrogen) atoms. The van der Waals surface area contributed by atoms with Gasteiger partial charge in [0.25, 0.3) is 0 Å². The van der Waals surface area contributed by atoms with Crippen LogP contribution in [0.4, 0.5) is 5.69 Å². The molecule has 0 N–H and O–H groups in total. The lowest BCUT2D eigenvalue weighted by molar-refractivity contribution is 0.105. The molecule has 0 radical (unpaired) electrons. The van der Waals surface area contributed by atoms with Crippen LogP contribution < -0.4 is 4.90 Å². The number of anilines is 1. The van der Waals surface area contributed by atoms with Gasteiger partial charge in [-0.25, -0.2) is 0 Å². The lowest BCUT2D eigenvalue weighted by Crippen LogP contribution is -2.33. The van der Waals surface area contributed by atoms with E-state index in [4.69, 9.17) is 0 Å². The van der Waals surface area contributed by atoms with Gasteiger partial charge in [-0.3, -0.25) is 0 Å². The molecule has 1 aromatic carbocycles. The molecule has 3 aliphatic rings. The predicted octanol–water partition coefficient (Wildman–Crippen LogP) is 5.38. The second-order valence-electron chi connectivity index (χ2n) is 8.05. The molecule has 0 aromatic heterocycles. The molecule has 4 rings (SSSR count). The highest BCUT2D eigenvalue weighted by Crippen LogP contribution is 2.50. The zero-order valence-corrected chi connectivity index (χ0v) is 14.5. The maximum Gasteiger partial charge on any atom is 0.0941 e. The van der Waals surface area contributed by atoms with E-state index in [2.05, 4.69) is 53.4 Å². The molecule has 0 unspecified atom stereocenters. The minimum atomic E-state index is 0.720. The zero-order chi connectivity index (χ0) is 15.7. The van der Waals surface area contributed by atoms with Gasteiger partial charge in [0.15, 0.2) is 0 Å². The van der Waals surface area contributed by atoms with Crippen molar-refractivity contribution in [1.82, 2.24) is 4.90 Å². The molecule has 0 atom stereocenters. The van der Waals surface area contributed by atoms with Gasteiger partial charge < -0.3 is 9.80 Å². The second kappa shape index (κ2) is 6.22. The van der Waals surface area contributed by atoms with Crippen molar-refractivity contribution in [2.75, 3.05) is 18.6 Å². The van der Waals surface area contributed by atoms with Crippen molar-refractivity contribution in [2.45, 2.75) is 57.8 Å². The first-order valence-electron chi connectivity index (χ1n) is 9.50. The maximum atomic E-state index is 2.53. The summed E-state index contributed by atoms with van der Waals surface area (Å²) in [7, 11) is 2.20. The van der Waals surface area contributed by atoms with E-state index < -0.39 is 0 Å². The summed E-state index contributed by atoms with van der Waals surface area (Å²) in [5, 5.41) is 0. The molecule has 2 fully saturated rings. The quantitative estimate of drug-likeness (QED) is 0.724. The molecule has 2 heteroatoms. The Labute approximate surface area is 141 Å². The largest absolute Gasteiger partial charge is 0.361 e. The van der Waals surface area contributed by atoms with Crippen molar-refractivity contribution in [1.29, 1.82) is 0 Å². The molecule has 0 bridgehead atoms. The normalized spacial score (nSPS) is 25.0. The Balaban J connectivity index is 1.48. The summed E-state index contributed by atoms with van der Waals surface area (Å²) in [6.45, 7) is 1.00. The molecule has 2 aliphatic carbocycles. The third-order valence-corrected chi connectivity index (χ3v) is 6.48. The first-order chi connectivity index (χ1) is 11.3. The Morgan fingerprint density at radius 1 is 0.913 bits per heavy atom. The maximum absolute atomic E-state index is 2.53. The van der Waals surface area contributed by atoms with Crippen LogP contribution in [0.1, 0.15) is 57.8 Å². The topological polar surface area (TPSA) is 6.48 Å². The molecule has 1 spiro atoms. The summed E-state index contributed by atoms with van der Waals surface area (Å²) < 4.78 is 0. The fourth-order valence-corrected chi connectivity index (χ4v) is 5.13. The summed E-state index contributed by atoms with van der Waals surface area (Å²) in [6, 6.07) is 10.9. The van der Waals surface area contributed by atoms with Crippen LogP contribution in [0.5, 0.6) is 0 Å². The van der Waals surface area contributed by atoms with Gasteiger partial charge >= 0.3 is 0 Å². The number of allylic oxidation sites excluding steroid dienone is 1. The van der Waals surface area contributed by atoms with E-state index in [1.165, 1.54) is 63.5 Å². The number of benzene rings is 1. The zero-order valence-electron chi connectivity index (χ0n) is 14.5. The number of rotatable bonds is 2. The smallest absolute Gasteiger partial charge is 0.0941 e. The van der Waals surface area contributed by atoms with Gasteiger partial charge in [0.2, 0.25) is 0 Å². The molecular formula is C21H30N2. The fraction of sp³-hybridized carbons (Fsp3) is 0.619. The predicted molar refractivity (Wildman–Crippen MR) is 97.1 cm³/mol. The molecular weight excluding hydrogens is 280 g/mol. The summed E-state index contributed by atoms with van der Waals surface area (Å²) in [5.41, 5.74) is 3.63. The average Bonchev–Trinajstić information content (AvgIpc) is 2.99. The summed E-state index contributed by atoms with van der Waals surface area (Å²) in [6.07, 6.45) is 15.5. The van der Waals surface area contributed by atoms with Gasteiger partial charge in [-0.05, 0) is 56.1 Å². The van der Waals surface area contributed by atoms with Gasteiger partial charge in [-0.1, -0.05) is 37.5 Å². The summed E-state index contributed by atoms with van der Waals surface area (Å²) in [5.74, 6) is 0.757. The highest BCUT2D eigenvalue weighted by Gasteiger charge is 2.38. The average molecular weight is 310 g/mol. The Morgan fingerprint density at radius 3 is 2.30 bits per heavy atom. The van der Waals surface area contributed by atoms with Crippen molar-refractivity contribution in [3.05, 3.63) is 42.2 Å². The molecule has 2 nitrogen and oxygen atoms in total. The van der Waals surface area contributed by atoms with Gasteiger partial charge in [-0.2, -0.15) is 0 Å². The Morgan fingerprint density at radius 2 is 1.61 bits per heavy atom. The lowest BCUT2D eigenvalue weighted by atomic mass is 9.63.